The molecule has 0 spiro atoms. The van der Waals surface area contributed by atoms with E-state index in [2.05, 4.69) is 17.0 Å². The van der Waals surface area contributed by atoms with Crippen molar-refractivity contribution in [2.75, 3.05) is 7.05 Å². The highest BCUT2D eigenvalue weighted by atomic mass is 35.5. The first kappa shape index (κ1) is 24.1. The van der Waals surface area contributed by atoms with Crippen LogP contribution in [0.25, 0.3) is 0 Å². The van der Waals surface area contributed by atoms with Crippen LogP contribution in [-0.2, 0) is 16.6 Å². The molecule has 1 aliphatic rings. The molecule has 172 valence electrons. The molecule has 0 aromatic heterocycles. The van der Waals surface area contributed by atoms with E-state index in [1.165, 1.54) is 17.0 Å². The molecule has 0 unspecified atom stereocenters. The molecule has 1 fully saturated rings. The van der Waals surface area contributed by atoms with Crippen LogP contribution < -0.4 is 10.0 Å². The van der Waals surface area contributed by atoms with Crippen LogP contribution in [0.4, 0.5) is 4.79 Å². The van der Waals surface area contributed by atoms with Gasteiger partial charge in [0.1, 0.15) is 0 Å². The third kappa shape index (κ3) is 6.46. The number of nitrogens with one attached hydrogen (secondary N) is 2. The molecule has 2 aromatic rings. The molecule has 0 atom stereocenters. The molecule has 9 heteroatoms. The Morgan fingerprint density at radius 3 is 2.19 bits per heavy atom. The lowest BCUT2D eigenvalue weighted by Crippen LogP contribution is -2.45. The SMILES string of the molecule is CC1CCC(NC(=O)NS(=O)(=O)c2ccc(CN(C)C(=O)c3ccc(Cl)cc3)cc2)CC1. The van der Waals surface area contributed by atoms with Crippen molar-refractivity contribution in [2.24, 2.45) is 5.92 Å². The van der Waals surface area contributed by atoms with Gasteiger partial charge in [-0.25, -0.2) is 17.9 Å². The Hall–Kier alpha value is -2.58. The van der Waals surface area contributed by atoms with E-state index < -0.39 is 16.1 Å². The molecule has 0 aliphatic heterocycles. The summed E-state index contributed by atoms with van der Waals surface area (Å²) in [6, 6.07) is 12.0. The van der Waals surface area contributed by atoms with Crippen LogP contribution in [0.5, 0.6) is 0 Å². The van der Waals surface area contributed by atoms with Crippen LogP contribution in [-0.4, -0.2) is 38.3 Å². The Bertz CT molecular complexity index is 1050. The summed E-state index contributed by atoms with van der Waals surface area (Å²) >= 11 is 5.86. The summed E-state index contributed by atoms with van der Waals surface area (Å²) in [5.74, 6) is 0.465. The Morgan fingerprint density at radius 1 is 1.00 bits per heavy atom. The van der Waals surface area contributed by atoms with Gasteiger partial charge < -0.3 is 10.2 Å². The van der Waals surface area contributed by atoms with Crippen LogP contribution >= 0.6 is 11.6 Å². The second-order valence-electron chi connectivity index (χ2n) is 8.35. The molecular weight excluding hydrogens is 450 g/mol. The minimum absolute atomic E-state index is 0.00232. The van der Waals surface area contributed by atoms with E-state index >= 15 is 0 Å². The first-order chi connectivity index (χ1) is 15.1. The van der Waals surface area contributed by atoms with Gasteiger partial charge in [-0.1, -0.05) is 30.7 Å². The zero-order valence-electron chi connectivity index (χ0n) is 18.2. The summed E-state index contributed by atoms with van der Waals surface area (Å²) in [5, 5.41) is 3.31. The molecule has 0 bridgehead atoms. The van der Waals surface area contributed by atoms with Gasteiger partial charge >= 0.3 is 6.03 Å². The van der Waals surface area contributed by atoms with Crippen molar-refractivity contribution in [2.45, 2.75) is 50.1 Å². The molecule has 1 saturated carbocycles. The van der Waals surface area contributed by atoms with Crippen molar-refractivity contribution in [3.8, 4) is 0 Å². The molecular formula is C23H28ClN3O4S. The van der Waals surface area contributed by atoms with Crippen LogP contribution in [0.2, 0.25) is 5.02 Å². The van der Waals surface area contributed by atoms with Gasteiger partial charge in [-0.3, -0.25) is 4.79 Å². The molecule has 7 nitrogen and oxygen atoms in total. The number of amides is 3. The zero-order valence-corrected chi connectivity index (χ0v) is 19.7. The average molecular weight is 478 g/mol. The smallest absolute Gasteiger partial charge is 0.328 e. The van der Waals surface area contributed by atoms with E-state index in [1.807, 2.05) is 0 Å². The van der Waals surface area contributed by atoms with Gasteiger partial charge in [0, 0.05) is 30.2 Å². The number of rotatable bonds is 6. The second kappa shape index (κ2) is 10.4. The Kier molecular flexibility index (Phi) is 7.79. The summed E-state index contributed by atoms with van der Waals surface area (Å²) in [6.07, 6.45) is 3.75. The first-order valence-corrected chi connectivity index (χ1v) is 12.4. The molecule has 2 aromatic carbocycles. The topological polar surface area (TPSA) is 95.6 Å². The number of hydrogen-bond acceptors (Lipinski definition) is 4. The van der Waals surface area contributed by atoms with Crippen LogP contribution in [0.15, 0.2) is 53.4 Å². The Balaban J connectivity index is 1.57. The second-order valence-corrected chi connectivity index (χ2v) is 10.5. The highest BCUT2D eigenvalue weighted by Crippen LogP contribution is 2.23. The fourth-order valence-electron chi connectivity index (χ4n) is 3.73. The monoisotopic (exact) mass is 477 g/mol. The lowest BCUT2D eigenvalue weighted by molar-refractivity contribution is 0.0785. The number of nitrogens with zero attached hydrogens (tertiary/aromatic N) is 1. The van der Waals surface area contributed by atoms with Gasteiger partial charge in [-0.05, 0) is 73.6 Å². The standard InChI is InChI=1S/C23H28ClN3O4S/c1-16-3-11-20(12-4-16)25-23(29)26-32(30,31)21-13-5-17(6-14-21)15-27(2)22(28)18-7-9-19(24)10-8-18/h5-10,13-14,16,20H,3-4,11-12,15H2,1-2H3,(H2,25,26,29). The van der Waals surface area contributed by atoms with Gasteiger partial charge in [0.15, 0.2) is 0 Å². The third-order valence-corrected chi connectivity index (χ3v) is 7.27. The van der Waals surface area contributed by atoms with Crippen molar-refractivity contribution in [1.82, 2.24) is 14.9 Å². The number of urea groups is 1. The van der Waals surface area contributed by atoms with Crippen molar-refractivity contribution in [1.29, 1.82) is 0 Å². The van der Waals surface area contributed by atoms with Gasteiger partial charge in [0.25, 0.3) is 15.9 Å². The highest BCUT2D eigenvalue weighted by molar-refractivity contribution is 7.90. The van der Waals surface area contributed by atoms with Crippen molar-refractivity contribution >= 4 is 33.6 Å². The minimum Gasteiger partial charge on any atom is -0.337 e. The number of benzene rings is 2. The maximum Gasteiger partial charge on any atom is 0.328 e. The lowest BCUT2D eigenvalue weighted by Gasteiger charge is -2.26. The van der Waals surface area contributed by atoms with Gasteiger partial charge in [0.05, 0.1) is 4.90 Å². The van der Waals surface area contributed by atoms with Gasteiger partial charge in [0.2, 0.25) is 0 Å². The summed E-state index contributed by atoms with van der Waals surface area (Å²) in [4.78, 5) is 26.2. The maximum absolute atomic E-state index is 12.5. The number of carbonyl (C=O) groups excluding carboxylic acids is 2. The van der Waals surface area contributed by atoms with Gasteiger partial charge in [-0.15, -0.1) is 0 Å². The zero-order chi connectivity index (χ0) is 23.3. The summed E-state index contributed by atoms with van der Waals surface area (Å²) in [7, 11) is -2.32. The molecule has 0 heterocycles. The number of halogens is 1. The normalized spacial score (nSPS) is 18.6. The van der Waals surface area contributed by atoms with Gasteiger partial charge in [-0.2, -0.15) is 0 Å². The van der Waals surface area contributed by atoms with E-state index in [-0.39, 0.29) is 16.8 Å². The van der Waals surface area contributed by atoms with Crippen LogP contribution in [0, 0.1) is 5.92 Å². The van der Waals surface area contributed by atoms with E-state index in [1.54, 1.807) is 43.4 Å². The number of sulfonamides is 1. The fourth-order valence-corrected chi connectivity index (χ4v) is 4.77. The number of carbonyl (C=O) groups is 2. The molecule has 32 heavy (non-hydrogen) atoms. The maximum atomic E-state index is 12.5. The van der Waals surface area contributed by atoms with Crippen molar-refractivity contribution in [3.63, 3.8) is 0 Å². The molecule has 3 amide bonds. The highest BCUT2D eigenvalue weighted by Gasteiger charge is 2.23. The quantitative estimate of drug-likeness (QED) is 0.652. The van der Waals surface area contributed by atoms with Crippen LogP contribution in [0.3, 0.4) is 0 Å². The molecule has 0 radical (unpaired) electrons. The molecule has 1 aliphatic carbocycles. The summed E-state index contributed by atoms with van der Waals surface area (Å²) in [6.45, 7) is 2.48. The lowest BCUT2D eigenvalue weighted by atomic mass is 9.87. The predicted octanol–water partition coefficient (Wildman–Crippen LogP) is 4.18. The summed E-state index contributed by atoms with van der Waals surface area (Å²) in [5.41, 5.74) is 1.27. The van der Waals surface area contributed by atoms with E-state index in [4.69, 9.17) is 11.6 Å². The largest absolute Gasteiger partial charge is 0.337 e. The Labute approximate surface area is 194 Å². The van der Waals surface area contributed by atoms with Crippen molar-refractivity contribution in [3.05, 3.63) is 64.7 Å². The fraction of sp³-hybridized carbons (Fsp3) is 0.391. The first-order valence-electron chi connectivity index (χ1n) is 10.6. The van der Waals surface area contributed by atoms with E-state index in [9.17, 15) is 18.0 Å². The van der Waals surface area contributed by atoms with Crippen LogP contribution in [0.1, 0.15) is 48.5 Å². The molecule has 2 N–H and O–H groups in total. The van der Waals surface area contributed by atoms with E-state index in [0.29, 0.717) is 23.0 Å². The summed E-state index contributed by atoms with van der Waals surface area (Å²) < 4.78 is 27.2. The molecule has 3 rings (SSSR count). The molecule has 0 saturated heterocycles. The van der Waals surface area contributed by atoms with E-state index in [0.717, 1.165) is 31.2 Å². The minimum atomic E-state index is -3.98. The number of hydrogen-bond donors (Lipinski definition) is 2. The van der Waals surface area contributed by atoms with Crippen molar-refractivity contribution < 1.29 is 18.0 Å². The Morgan fingerprint density at radius 2 is 1.59 bits per heavy atom. The predicted molar refractivity (Wildman–Crippen MR) is 124 cm³/mol. The third-order valence-electron chi connectivity index (χ3n) is 5.67. The average Bonchev–Trinajstić information content (AvgIpc) is 2.75.